The Morgan fingerprint density at radius 2 is 1.66 bits per heavy atom. The van der Waals surface area contributed by atoms with E-state index in [2.05, 4.69) is 4.72 Å². The molecule has 0 saturated heterocycles. The van der Waals surface area contributed by atoms with Crippen molar-refractivity contribution in [3.8, 4) is 11.5 Å². The molecule has 0 saturated carbocycles. The highest BCUT2D eigenvalue weighted by molar-refractivity contribution is 7.92. The lowest BCUT2D eigenvalue weighted by Gasteiger charge is -2.35. The van der Waals surface area contributed by atoms with E-state index in [9.17, 15) is 26.7 Å². The van der Waals surface area contributed by atoms with Crippen molar-refractivity contribution < 1.29 is 40.9 Å². The predicted molar refractivity (Wildman–Crippen MR) is 192 cm³/mol. The topological polar surface area (TPSA) is 152 Å². The first kappa shape index (κ1) is 39.1. The van der Waals surface area contributed by atoms with Crippen LogP contribution in [-0.4, -0.2) is 95.8 Å². The molecule has 1 aliphatic rings. The number of sulfonamides is 2. The van der Waals surface area contributed by atoms with E-state index < -0.39 is 38.1 Å². The van der Waals surface area contributed by atoms with E-state index in [1.165, 1.54) is 41.6 Å². The lowest BCUT2D eigenvalue weighted by molar-refractivity contribution is -0.00833. The third kappa shape index (κ3) is 9.75. The summed E-state index contributed by atoms with van der Waals surface area (Å²) in [5, 5.41) is 10.2. The lowest BCUT2D eigenvalue weighted by atomic mass is 10.0. The SMILES string of the molecule is COc1ccc(S(=O)(=O)Nc2ccc3c(c2)C(=O)N([C@@H](C)CO)C[C@@H](C)[C@@H](CN(C)S(=O)(=O)c2ccc(C)cc2)OCCCC[C@H](C)O3)cc1. The van der Waals surface area contributed by atoms with Crippen LogP contribution >= 0.6 is 0 Å². The molecule has 50 heavy (non-hydrogen) atoms. The molecule has 3 aromatic rings. The monoisotopic (exact) mass is 731 g/mol. The van der Waals surface area contributed by atoms with E-state index in [1.54, 1.807) is 55.5 Å². The molecule has 274 valence electrons. The van der Waals surface area contributed by atoms with Gasteiger partial charge in [0.25, 0.3) is 15.9 Å². The fraction of sp³-hybridized carbons (Fsp3) is 0.472. The second-order valence-electron chi connectivity index (χ2n) is 12.9. The van der Waals surface area contributed by atoms with Gasteiger partial charge in [-0.2, -0.15) is 4.31 Å². The standard InChI is InChI=1S/C36H49N3O9S2/c1-25-10-15-32(16-11-25)50(44,45)38(5)23-35-26(2)22-39(27(3)24-40)36(41)33-21-29(12-19-34(33)48-28(4)9-7-8-20-47-35)37-49(42,43)31-17-13-30(46-6)14-18-31/h10-19,21,26-28,35,37,40H,7-9,20,22-24H2,1-6H3/t26-,27+,28+,35-/m1/s1. The Hall–Kier alpha value is -3.69. The van der Waals surface area contributed by atoms with Crippen molar-refractivity contribution in [1.82, 2.24) is 9.21 Å². The molecule has 14 heteroatoms. The Balaban J connectivity index is 1.67. The van der Waals surface area contributed by atoms with Gasteiger partial charge >= 0.3 is 0 Å². The molecule has 0 aliphatic carbocycles. The first-order valence-electron chi connectivity index (χ1n) is 16.7. The highest BCUT2D eigenvalue weighted by atomic mass is 32.2. The van der Waals surface area contributed by atoms with E-state index in [0.29, 0.717) is 25.2 Å². The Morgan fingerprint density at radius 1 is 1.00 bits per heavy atom. The van der Waals surface area contributed by atoms with Gasteiger partial charge in [0.2, 0.25) is 10.0 Å². The van der Waals surface area contributed by atoms with Gasteiger partial charge in [-0.1, -0.05) is 24.6 Å². The van der Waals surface area contributed by atoms with Crippen LogP contribution in [0.5, 0.6) is 11.5 Å². The van der Waals surface area contributed by atoms with Crippen LogP contribution in [0.1, 0.15) is 56.0 Å². The van der Waals surface area contributed by atoms with Crippen molar-refractivity contribution in [3.05, 3.63) is 77.9 Å². The summed E-state index contributed by atoms with van der Waals surface area (Å²) >= 11 is 0. The Labute approximate surface area is 296 Å². The number of carbonyl (C=O) groups excluding carboxylic acids is 1. The fourth-order valence-corrected chi connectivity index (χ4v) is 7.89. The van der Waals surface area contributed by atoms with Crippen molar-refractivity contribution in [2.75, 3.05) is 45.2 Å². The van der Waals surface area contributed by atoms with Crippen LogP contribution < -0.4 is 14.2 Å². The van der Waals surface area contributed by atoms with Gasteiger partial charge < -0.3 is 24.2 Å². The summed E-state index contributed by atoms with van der Waals surface area (Å²) in [6.07, 6.45) is 1.26. The smallest absolute Gasteiger partial charge is 0.261 e. The second-order valence-corrected chi connectivity index (χ2v) is 16.6. The summed E-state index contributed by atoms with van der Waals surface area (Å²) in [5.41, 5.74) is 1.22. The lowest BCUT2D eigenvalue weighted by Crippen LogP contribution is -2.48. The third-order valence-electron chi connectivity index (χ3n) is 8.84. The summed E-state index contributed by atoms with van der Waals surface area (Å²) in [4.78, 5) is 16.1. The molecule has 0 aromatic heterocycles. The number of carbonyl (C=O) groups is 1. The molecule has 0 unspecified atom stereocenters. The number of rotatable bonds is 10. The number of aliphatic hydroxyl groups is 1. The number of hydrogen-bond donors (Lipinski definition) is 2. The molecule has 0 bridgehead atoms. The van der Waals surface area contributed by atoms with Gasteiger partial charge in [0.1, 0.15) is 11.5 Å². The number of likely N-dealkylation sites (N-methyl/N-ethyl adjacent to an activating group) is 1. The number of amides is 1. The zero-order valence-electron chi connectivity index (χ0n) is 29.5. The molecule has 1 amide bonds. The first-order chi connectivity index (χ1) is 23.7. The molecule has 0 spiro atoms. The second kappa shape index (κ2) is 17.0. The van der Waals surface area contributed by atoms with Crippen LogP contribution in [0.3, 0.4) is 0 Å². The van der Waals surface area contributed by atoms with E-state index >= 15 is 0 Å². The maximum atomic E-state index is 14.4. The minimum atomic E-state index is -4.02. The van der Waals surface area contributed by atoms with Gasteiger partial charge in [-0.3, -0.25) is 9.52 Å². The van der Waals surface area contributed by atoms with E-state index in [-0.39, 0.29) is 58.5 Å². The highest BCUT2D eigenvalue weighted by Gasteiger charge is 2.32. The molecule has 4 rings (SSSR count). The van der Waals surface area contributed by atoms with Crippen molar-refractivity contribution in [2.45, 2.75) is 75.0 Å². The number of anilines is 1. The fourth-order valence-electron chi connectivity index (χ4n) is 5.66. The molecule has 2 N–H and O–H groups in total. The first-order valence-corrected chi connectivity index (χ1v) is 19.6. The van der Waals surface area contributed by atoms with Crippen molar-refractivity contribution in [1.29, 1.82) is 0 Å². The Morgan fingerprint density at radius 3 is 2.30 bits per heavy atom. The number of nitrogens with zero attached hydrogens (tertiary/aromatic N) is 2. The highest BCUT2D eigenvalue weighted by Crippen LogP contribution is 2.30. The number of aryl methyl sites for hydroxylation is 1. The molecular formula is C36H49N3O9S2. The summed E-state index contributed by atoms with van der Waals surface area (Å²) in [7, 11) is -4.84. The van der Waals surface area contributed by atoms with Crippen LogP contribution in [0.4, 0.5) is 5.69 Å². The molecule has 1 aliphatic heterocycles. The van der Waals surface area contributed by atoms with Crippen LogP contribution in [0.2, 0.25) is 0 Å². The van der Waals surface area contributed by atoms with E-state index in [0.717, 1.165) is 12.0 Å². The van der Waals surface area contributed by atoms with Crippen LogP contribution in [-0.2, 0) is 24.8 Å². The van der Waals surface area contributed by atoms with Crippen molar-refractivity contribution in [2.24, 2.45) is 5.92 Å². The Bertz CT molecular complexity index is 1800. The van der Waals surface area contributed by atoms with Crippen LogP contribution in [0, 0.1) is 12.8 Å². The predicted octanol–water partition coefficient (Wildman–Crippen LogP) is 4.92. The number of methoxy groups -OCH3 is 1. The summed E-state index contributed by atoms with van der Waals surface area (Å²) in [6.45, 7) is 7.56. The molecule has 1 heterocycles. The maximum absolute atomic E-state index is 14.4. The van der Waals surface area contributed by atoms with Gasteiger partial charge in [-0.25, -0.2) is 16.8 Å². The number of benzene rings is 3. The van der Waals surface area contributed by atoms with Gasteiger partial charge in [-0.05, 0) is 94.6 Å². The molecule has 12 nitrogen and oxygen atoms in total. The van der Waals surface area contributed by atoms with Gasteiger partial charge in [0, 0.05) is 38.3 Å². The summed E-state index contributed by atoms with van der Waals surface area (Å²) in [6, 6.07) is 16.5. The molecule has 3 aromatic carbocycles. The van der Waals surface area contributed by atoms with Crippen LogP contribution in [0.15, 0.2) is 76.5 Å². The van der Waals surface area contributed by atoms with Gasteiger partial charge in [-0.15, -0.1) is 0 Å². The number of nitrogens with one attached hydrogen (secondary N) is 1. The number of fused-ring (bicyclic) bond motifs is 1. The summed E-state index contributed by atoms with van der Waals surface area (Å²) in [5.74, 6) is -0.0627. The zero-order chi connectivity index (χ0) is 36.6. The maximum Gasteiger partial charge on any atom is 0.261 e. The minimum Gasteiger partial charge on any atom is -0.497 e. The number of ether oxygens (including phenoxy) is 3. The van der Waals surface area contributed by atoms with Crippen molar-refractivity contribution in [3.63, 3.8) is 0 Å². The minimum absolute atomic E-state index is 0.0133. The van der Waals surface area contributed by atoms with Crippen LogP contribution in [0.25, 0.3) is 0 Å². The average Bonchev–Trinajstić information content (AvgIpc) is 3.09. The van der Waals surface area contributed by atoms with Gasteiger partial charge in [0.15, 0.2) is 0 Å². The van der Waals surface area contributed by atoms with Crippen molar-refractivity contribution >= 4 is 31.6 Å². The van der Waals surface area contributed by atoms with Gasteiger partial charge in [0.05, 0.1) is 47.3 Å². The van der Waals surface area contributed by atoms with E-state index in [4.69, 9.17) is 14.2 Å². The normalized spacial score (nSPS) is 20.4. The summed E-state index contributed by atoms with van der Waals surface area (Å²) < 4.78 is 75.0. The molecular weight excluding hydrogens is 683 g/mol. The number of aliphatic hydroxyl groups excluding tert-OH is 1. The average molecular weight is 732 g/mol. The quantitative estimate of drug-likeness (QED) is 0.296. The van der Waals surface area contributed by atoms with E-state index in [1.807, 2.05) is 20.8 Å². The Kier molecular flexibility index (Phi) is 13.3. The zero-order valence-corrected chi connectivity index (χ0v) is 31.2. The molecule has 0 radical (unpaired) electrons. The largest absolute Gasteiger partial charge is 0.497 e. The third-order valence-corrected chi connectivity index (χ3v) is 12.1. The molecule has 4 atom stereocenters. The molecule has 0 fully saturated rings. The number of hydrogen-bond acceptors (Lipinski definition) is 9.